The minimum Gasteiger partial charge on any atom is -0.456 e. The van der Waals surface area contributed by atoms with Crippen LogP contribution in [0.25, 0.3) is 21.9 Å². The van der Waals surface area contributed by atoms with E-state index in [-0.39, 0.29) is 0 Å². The Balaban J connectivity index is 1.76. The summed E-state index contributed by atoms with van der Waals surface area (Å²) in [6, 6.07) is 34.2. The molecule has 4 aromatic carbocycles. The highest BCUT2D eigenvalue weighted by atomic mass is 28.3. The fraction of sp³-hybridized carbons (Fsp3) is 0.111. The first-order valence-corrected chi connectivity index (χ1v) is 13.9. The molecule has 0 fully saturated rings. The zero-order valence-corrected chi connectivity index (χ0v) is 18.6. The van der Waals surface area contributed by atoms with E-state index in [9.17, 15) is 0 Å². The fourth-order valence-electron chi connectivity index (χ4n) is 4.06. The van der Waals surface area contributed by atoms with Crippen molar-refractivity contribution in [3.8, 4) is 0 Å². The second-order valence-corrected chi connectivity index (χ2v) is 13.8. The third kappa shape index (κ3) is 3.21. The lowest BCUT2D eigenvalue weighted by Gasteiger charge is -2.27. The lowest BCUT2D eigenvalue weighted by Crippen LogP contribution is -2.37. The van der Waals surface area contributed by atoms with Crippen molar-refractivity contribution in [1.82, 2.24) is 0 Å². The van der Waals surface area contributed by atoms with Gasteiger partial charge in [-0.1, -0.05) is 79.4 Å². The molecule has 0 N–H and O–H groups in total. The number of para-hydroxylation sites is 2. The Kier molecular flexibility index (Phi) is 4.48. The second kappa shape index (κ2) is 7.19. The molecule has 0 bridgehead atoms. The number of furan rings is 1. The minimum absolute atomic E-state index is 0.911. The highest BCUT2D eigenvalue weighted by molar-refractivity contribution is 6.88. The van der Waals surface area contributed by atoms with E-state index in [2.05, 4.69) is 109 Å². The fourth-order valence-corrected chi connectivity index (χ4v) is 5.22. The van der Waals surface area contributed by atoms with Gasteiger partial charge in [-0.3, -0.25) is 0 Å². The van der Waals surface area contributed by atoms with Crippen LogP contribution < -0.4 is 10.1 Å². The van der Waals surface area contributed by atoms with Crippen LogP contribution in [0.5, 0.6) is 0 Å². The van der Waals surface area contributed by atoms with Crippen LogP contribution in [-0.4, -0.2) is 8.07 Å². The smallest absolute Gasteiger partial charge is 0.137 e. The standard InChI is InChI=1S/C27H25NOSi/c1-30(2,3)22-18-16-21(17-19-22)28(20-10-5-4-6-11-20)24-13-9-15-26-27(24)23-12-7-8-14-25(23)29-26/h4-19H,1-3H3. The highest BCUT2D eigenvalue weighted by Gasteiger charge is 2.20. The van der Waals surface area contributed by atoms with E-state index in [0.717, 1.165) is 39.0 Å². The van der Waals surface area contributed by atoms with Gasteiger partial charge in [-0.2, -0.15) is 0 Å². The van der Waals surface area contributed by atoms with Crippen molar-refractivity contribution in [2.75, 3.05) is 4.90 Å². The maximum Gasteiger partial charge on any atom is 0.137 e. The van der Waals surface area contributed by atoms with Gasteiger partial charge in [0.25, 0.3) is 0 Å². The van der Waals surface area contributed by atoms with Crippen LogP contribution in [0.2, 0.25) is 19.6 Å². The van der Waals surface area contributed by atoms with Crippen molar-refractivity contribution in [1.29, 1.82) is 0 Å². The zero-order chi connectivity index (χ0) is 20.7. The number of rotatable bonds is 4. The molecule has 30 heavy (non-hydrogen) atoms. The van der Waals surface area contributed by atoms with Crippen molar-refractivity contribution >= 4 is 52.3 Å². The van der Waals surface area contributed by atoms with Crippen molar-refractivity contribution in [3.05, 3.63) is 97.1 Å². The Morgan fingerprint density at radius 2 is 1.23 bits per heavy atom. The molecule has 1 heterocycles. The molecule has 0 unspecified atom stereocenters. The Bertz CT molecular complexity index is 1310. The normalized spacial score (nSPS) is 11.8. The summed E-state index contributed by atoms with van der Waals surface area (Å²) in [5.41, 5.74) is 5.25. The quantitative estimate of drug-likeness (QED) is 0.285. The molecule has 0 saturated heterocycles. The van der Waals surface area contributed by atoms with Gasteiger partial charge in [-0.25, -0.2) is 0 Å². The van der Waals surface area contributed by atoms with Gasteiger partial charge in [-0.05, 0) is 42.5 Å². The molecule has 0 amide bonds. The number of benzene rings is 4. The molecule has 2 nitrogen and oxygen atoms in total. The second-order valence-electron chi connectivity index (χ2n) is 8.72. The van der Waals surface area contributed by atoms with Crippen LogP contribution in [0.15, 0.2) is 101 Å². The summed E-state index contributed by atoms with van der Waals surface area (Å²) in [5.74, 6) is 0. The summed E-state index contributed by atoms with van der Waals surface area (Å²) in [6.07, 6.45) is 0. The SMILES string of the molecule is C[Si](C)(C)c1ccc(N(c2ccccc2)c2cccc3oc4ccccc4c23)cc1. The van der Waals surface area contributed by atoms with E-state index in [1.165, 1.54) is 5.19 Å². The van der Waals surface area contributed by atoms with Crippen molar-refractivity contribution < 1.29 is 4.42 Å². The van der Waals surface area contributed by atoms with Gasteiger partial charge in [0.1, 0.15) is 11.2 Å². The molecular formula is C27H25NOSi. The number of anilines is 3. The van der Waals surface area contributed by atoms with Gasteiger partial charge in [-0.15, -0.1) is 0 Å². The van der Waals surface area contributed by atoms with Crippen LogP contribution in [0.4, 0.5) is 17.1 Å². The molecule has 0 saturated carbocycles. The highest BCUT2D eigenvalue weighted by Crippen LogP contribution is 2.42. The van der Waals surface area contributed by atoms with Gasteiger partial charge in [0, 0.05) is 16.8 Å². The van der Waals surface area contributed by atoms with E-state index >= 15 is 0 Å². The van der Waals surface area contributed by atoms with Crippen molar-refractivity contribution in [2.45, 2.75) is 19.6 Å². The Morgan fingerprint density at radius 3 is 1.97 bits per heavy atom. The van der Waals surface area contributed by atoms with Crippen molar-refractivity contribution in [3.63, 3.8) is 0 Å². The Hall–Kier alpha value is -3.30. The van der Waals surface area contributed by atoms with Gasteiger partial charge < -0.3 is 9.32 Å². The molecule has 0 atom stereocenters. The van der Waals surface area contributed by atoms with Crippen LogP contribution in [-0.2, 0) is 0 Å². The Labute approximate surface area is 178 Å². The number of nitrogens with zero attached hydrogens (tertiary/aromatic N) is 1. The number of fused-ring (bicyclic) bond motifs is 3. The van der Waals surface area contributed by atoms with Gasteiger partial charge >= 0.3 is 0 Å². The monoisotopic (exact) mass is 407 g/mol. The largest absolute Gasteiger partial charge is 0.456 e. The third-order valence-corrected chi connectivity index (χ3v) is 7.69. The van der Waals surface area contributed by atoms with E-state index in [0.29, 0.717) is 0 Å². The zero-order valence-electron chi connectivity index (χ0n) is 17.6. The summed E-state index contributed by atoms with van der Waals surface area (Å²) in [5, 5.41) is 3.75. The average molecular weight is 408 g/mol. The number of hydrogen-bond donors (Lipinski definition) is 0. The maximum atomic E-state index is 6.16. The van der Waals surface area contributed by atoms with Crippen molar-refractivity contribution in [2.24, 2.45) is 0 Å². The predicted octanol–water partition coefficient (Wildman–Crippen LogP) is 7.60. The summed E-state index contributed by atoms with van der Waals surface area (Å²) in [7, 11) is -1.35. The topological polar surface area (TPSA) is 16.4 Å². The average Bonchev–Trinajstić information content (AvgIpc) is 3.14. The maximum absolute atomic E-state index is 6.16. The molecule has 0 aliphatic heterocycles. The lowest BCUT2D eigenvalue weighted by molar-refractivity contribution is 0.669. The molecule has 0 aliphatic rings. The first-order valence-electron chi connectivity index (χ1n) is 10.4. The predicted molar refractivity (Wildman–Crippen MR) is 131 cm³/mol. The molecule has 0 spiro atoms. The van der Waals surface area contributed by atoms with Crippen LogP contribution in [0, 0.1) is 0 Å². The molecule has 0 radical (unpaired) electrons. The number of hydrogen-bond acceptors (Lipinski definition) is 2. The molecule has 5 aromatic rings. The summed E-state index contributed by atoms with van der Waals surface area (Å²) < 4.78 is 6.16. The van der Waals surface area contributed by atoms with E-state index in [1.54, 1.807) is 0 Å². The first-order chi connectivity index (χ1) is 14.5. The molecule has 148 valence electrons. The molecule has 5 rings (SSSR count). The van der Waals surface area contributed by atoms with Crippen LogP contribution >= 0.6 is 0 Å². The summed E-state index contributed by atoms with van der Waals surface area (Å²) in [4.78, 5) is 2.33. The van der Waals surface area contributed by atoms with Crippen LogP contribution in [0.1, 0.15) is 0 Å². The van der Waals surface area contributed by atoms with Gasteiger partial charge in [0.2, 0.25) is 0 Å². The lowest BCUT2D eigenvalue weighted by atomic mass is 10.1. The summed E-state index contributed by atoms with van der Waals surface area (Å²) in [6.45, 7) is 7.15. The van der Waals surface area contributed by atoms with Crippen LogP contribution in [0.3, 0.4) is 0 Å². The van der Waals surface area contributed by atoms with Gasteiger partial charge in [0.15, 0.2) is 0 Å². The minimum atomic E-state index is -1.35. The molecule has 1 aromatic heterocycles. The first kappa shape index (κ1) is 18.7. The molecule has 3 heteroatoms. The molecule has 0 aliphatic carbocycles. The summed E-state index contributed by atoms with van der Waals surface area (Å²) >= 11 is 0. The van der Waals surface area contributed by atoms with E-state index in [4.69, 9.17) is 4.42 Å². The van der Waals surface area contributed by atoms with E-state index in [1.807, 2.05) is 12.1 Å². The van der Waals surface area contributed by atoms with Gasteiger partial charge in [0.05, 0.1) is 19.1 Å². The Morgan fingerprint density at radius 1 is 0.600 bits per heavy atom. The molecular weight excluding hydrogens is 382 g/mol. The van der Waals surface area contributed by atoms with E-state index < -0.39 is 8.07 Å². The third-order valence-electron chi connectivity index (χ3n) is 5.63.